The van der Waals surface area contributed by atoms with E-state index < -0.39 is 5.60 Å². The van der Waals surface area contributed by atoms with Crippen LogP contribution in [0, 0.1) is 5.41 Å². The van der Waals surface area contributed by atoms with Gasteiger partial charge in [-0.2, -0.15) is 0 Å². The monoisotopic (exact) mass is 280 g/mol. The number of carbonyl (C=O) groups is 2. The lowest BCUT2D eigenvalue weighted by Gasteiger charge is -2.41. The first kappa shape index (κ1) is 13.9. The van der Waals surface area contributed by atoms with Gasteiger partial charge in [-0.25, -0.2) is 0 Å². The second kappa shape index (κ2) is 4.72. The number of hydrogen-bond acceptors (Lipinski definition) is 3. The number of nitrogens with zero attached hydrogens (tertiary/aromatic N) is 2. The summed E-state index contributed by atoms with van der Waals surface area (Å²) in [6.45, 7) is 3.87. The molecule has 1 N–H and O–H groups in total. The molecule has 3 aliphatic rings. The lowest BCUT2D eigenvalue weighted by Crippen LogP contribution is -2.58. The van der Waals surface area contributed by atoms with Crippen LogP contribution in [0.1, 0.15) is 45.4 Å². The Balaban J connectivity index is 1.68. The molecule has 1 saturated carbocycles. The van der Waals surface area contributed by atoms with Crippen LogP contribution in [0.2, 0.25) is 0 Å². The van der Waals surface area contributed by atoms with Crippen molar-refractivity contribution in [2.24, 2.45) is 5.41 Å². The predicted molar refractivity (Wildman–Crippen MR) is 73.9 cm³/mol. The minimum atomic E-state index is -1.36. The van der Waals surface area contributed by atoms with Crippen LogP contribution >= 0.6 is 0 Å². The Bertz CT molecular complexity index is 433. The normalized spacial score (nSPS) is 32.3. The molecule has 112 valence electrons. The van der Waals surface area contributed by atoms with Crippen molar-refractivity contribution in [2.45, 2.75) is 51.0 Å². The van der Waals surface area contributed by atoms with E-state index in [2.05, 4.69) is 0 Å². The van der Waals surface area contributed by atoms with Gasteiger partial charge in [-0.15, -0.1) is 0 Å². The first-order valence-electron chi connectivity index (χ1n) is 7.72. The summed E-state index contributed by atoms with van der Waals surface area (Å²) in [6, 6.07) is 0. The summed E-state index contributed by atoms with van der Waals surface area (Å²) in [6.07, 6.45) is 5.94. The van der Waals surface area contributed by atoms with E-state index >= 15 is 0 Å². The summed E-state index contributed by atoms with van der Waals surface area (Å²) in [4.78, 5) is 27.6. The SMILES string of the molecule is CC(=O)N1CCCC(O)(C(=O)N2CCC3(CCC3)C2)C1. The average Bonchev–Trinajstić information content (AvgIpc) is 2.83. The molecule has 3 fully saturated rings. The number of rotatable bonds is 1. The van der Waals surface area contributed by atoms with Crippen molar-refractivity contribution in [3.63, 3.8) is 0 Å². The third-order valence-electron chi connectivity index (χ3n) is 5.45. The van der Waals surface area contributed by atoms with Gasteiger partial charge in [0.2, 0.25) is 5.91 Å². The Labute approximate surface area is 119 Å². The number of amides is 2. The van der Waals surface area contributed by atoms with Crippen LogP contribution in [-0.2, 0) is 9.59 Å². The Morgan fingerprint density at radius 3 is 2.25 bits per heavy atom. The lowest BCUT2D eigenvalue weighted by molar-refractivity contribution is -0.159. The van der Waals surface area contributed by atoms with Gasteiger partial charge in [-0.05, 0) is 37.5 Å². The Morgan fingerprint density at radius 2 is 1.70 bits per heavy atom. The maximum atomic E-state index is 12.7. The highest BCUT2D eigenvalue weighted by Gasteiger charge is 2.49. The highest BCUT2D eigenvalue weighted by molar-refractivity contribution is 5.86. The van der Waals surface area contributed by atoms with Gasteiger partial charge in [-0.1, -0.05) is 6.42 Å². The third kappa shape index (κ3) is 2.22. The van der Waals surface area contributed by atoms with Crippen LogP contribution in [0.4, 0.5) is 0 Å². The maximum Gasteiger partial charge on any atom is 0.256 e. The molecule has 0 radical (unpaired) electrons. The minimum Gasteiger partial charge on any atom is -0.378 e. The molecule has 1 spiro atoms. The van der Waals surface area contributed by atoms with Crippen LogP contribution in [0.15, 0.2) is 0 Å². The van der Waals surface area contributed by atoms with E-state index in [1.807, 2.05) is 4.90 Å². The van der Waals surface area contributed by atoms with E-state index in [0.29, 0.717) is 24.8 Å². The van der Waals surface area contributed by atoms with E-state index in [4.69, 9.17) is 0 Å². The van der Waals surface area contributed by atoms with E-state index in [9.17, 15) is 14.7 Å². The quantitative estimate of drug-likeness (QED) is 0.771. The van der Waals surface area contributed by atoms with Crippen molar-refractivity contribution < 1.29 is 14.7 Å². The van der Waals surface area contributed by atoms with Crippen molar-refractivity contribution in [3.8, 4) is 0 Å². The van der Waals surface area contributed by atoms with Gasteiger partial charge in [0.1, 0.15) is 0 Å². The fourth-order valence-corrected chi connectivity index (χ4v) is 3.97. The molecular formula is C15H24N2O3. The standard InChI is InChI=1S/C15H24N2O3/c1-12(18)16-8-3-6-15(20,11-16)13(19)17-9-7-14(10-17)4-2-5-14/h20H,2-11H2,1H3. The average molecular weight is 280 g/mol. The molecule has 3 rings (SSSR count). The van der Waals surface area contributed by atoms with Gasteiger partial charge in [0.25, 0.3) is 5.91 Å². The third-order valence-corrected chi connectivity index (χ3v) is 5.45. The maximum absolute atomic E-state index is 12.7. The Kier molecular flexibility index (Phi) is 3.27. The minimum absolute atomic E-state index is 0.0622. The van der Waals surface area contributed by atoms with Crippen LogP contribution in [-0.4, -0.2) is 58.5 Å². The molecule has 2 saturated heterocycles. The summed E-state index contributed by atoms with van der Waals surface area (Å²) in [7, 11) is 0. The van der Waals surface area contributed by atoms with Crippen LogP contribution in [0.5, 0.6) is 0 Å². The molecule has 5 heteroatoms. The van der Waals surface area contributed by atoms with Crippen LogP contribution in [0.3, 0.4) is 0 Å². The van der Waals surface area contributed by atoms with Crippen molar-refractivity contribution in [1.82, 2.24) is 9.80 Å². The van der Waals surface area contributed by atoms with Crippen LogP contribution in [0.25, 0.3) is 0 Å². The number of hydrogen-bond donors (Lipinski definition) is 1. The molecule has 5 nitrogen and oxygen atoms in total. The van der Waals surface area contributed by atoms with Gasteiger partial charge in [0.05, 0.1) is 6.54 Å². The number of carbonyl (C=O) groups excluding carboxylic acids is 2. The highest BCUT2D eigenvalue weighted by atomic mass is 16.3. The molecule has 1 aliphatic carbocycles. The second-order valence-corrected chi connectivity index (χ2v) is 6.91. The molecule has 20 heavy (non-hydrogen) atoms. The summed E-state index contributed by atoms with van der Waals surface area (Å²) in [5.41, 5.74) is -1.01. The van der Waals surface area contributed by atoms with Gasteiger partial charge >= 0.3 is 0 Å². The summed E-state index contributed by atoms with van der Waals surface area (Å²) in [5, 5.41) is 10.7. The van der Waals surface area contributed by atoms with Crippen LogP contribution < -0.4 is 0 Å². The smallest absolute Gasteiger partial charge is 0.256 e. The zero-order chi connectivity index (χ0) is 14.4. The zero-order valence-corrected chi connectivity index (χ0v) is 12.2. The fourth-order valence-electron chi connectivity index (χ4n) is 3.97. The van der Waals surface area contributed by atoms with E-state index in [1.165, 1.54) is 26.2 Å². The fraction of sp³-hybridized carbons (Fsp3) is 0.867. The van der Waals surface area contributed by atoms with E-state index in [-0.39, 0.29) is 18.4 Å². The van der Waals surface area contributed by atoms with E-state index in [1.54, 1.807) is 4.90 Å². The summed E-state index contributed by atoms with van der Waals surface area (Å²) >= 11 is 0. The summed E-state index contributed by atoms with van der Waals surface area (Å²) in [5.74, 6) is -0.222. The van der Waals surface area contributed by atoms with Crippen molar-refractivity contribution in [1.29, 1.82) is 0 Å². The van der Waals surface area contributed by atoms with Gasteiger partial charge in [-0.3, -0.25) is 9.59 Å². The second-order valence-electron chi connectivity index (χ2n) is 6.91. The highest BCUT2D eigenvalue weighted by Crippen LogP contribution is 2.48. The molecule has 1 unspecified atom stereocenters. The first-order valence-corrected chi connectivity index (χ1v) is 7.72. The Morgan fingerprint density at radius 1 is 0.950 bits per heavy atom. The Hall–Kier alpha value is -1.10. The van der Waals surface area contributed by atoms with Gasteiger partial charge < -0.3 is 14.9 Å². The molecule has 0 aromatic rings. The van der Waals surface area contributed by atoms with Gasteiger partial charge in [0, 0.05) is 26.6 Å². The summed E-state index contributed by atoms with van der Waals surface area (Å²) < 4.78 is 0. The molecular weight excluding hydrogens is 256 g/mol. The number of aliphatic hydroxyl groups is 1. The number of β-amino-alcohol motifs (C(OH)–C–C–N with tert-alkyl or cyclic N) is 1. The molecule has 2 aliphatic heterocycles. The van der Waals surface area contributed by atoms with Crippen molar-refractivity contribution in [2.75, 3.05) is 26.2 Å². The number of piperidine rings is 1. The molecule has 2 amide bonds. The molecule has 0 bridgehead atoms. The van der Waals surface area contributed by atoms with Crippen molar-refractivity contribution in [3.05, 3.63) is 0 Å². The molecule has 0 aromatic heterocycles. The van der Waals surface area contributed by atoms with Crippen molar-refractivity contribution >= 4 is 11.8 Å². The topological polar surface area (TPSA) is 60.9 Å². The largest absolute Gasteiger partial charge is 0.378 e. The zero-order valence-electron chi connectivity index (χ0n) is 12.2. The van der Waals surface area contributed by atoms with Gasteiger partial charge in [0.15, 0.2) is 5.60 Å². The lowest BCUT2D eigenvalue weighted by atomic mass is 9.68. The molecule has 0 aromatic carbocycles. The number of likely N-dealkylation sites (tertiary alicyclic amines) is 2. The molecule has 2 heterocycles. The first-order chi connectivity index (χ1) is 9.44. The predicted octanol–water partition coefficient (Wildman–Crippen LogP) is 0.762. The van der Waals surface area contributed by atoms with E-state index in [0.717, 1.165) is 19.5 Å². The molecule has 1 atom stereocenters.